The van der Waals surface area contributed by atoms with Gasteiger partial charge in [-0.3, -0.25) is 25.2 Å². The smallest absolute Gasteiger partial charge is 0.286 e. The Balaban J connectivity index is 1.38. The molecule has 5 rings (SSSR count). The summed E-state index contributed by atoms with van der Waals surface area (Å²) >= 11 is 0. The molecule has 0 saturated heterocycles. The Morgan fingerprint density at radius 3 is 2.14 bits per heavy atom. The number of hydrazine groups is 1. The molecule has 4 bridgehead atoms. The fraction of sp³-hybridized carbons (Fsp3) is 0.667. The fourth-order valence-corrected chi connectivity index (χ4v) is 5.95. The molecule has 0 radical (unpaired) electrons. The van der Waals surface area contributed by atoms with E-state index in [-0.39, 0.29) is 17.2 Å². The minimum Gasteiger partial charge on any atom is -0.357 e. The Morgan fingerprint density at radius 1 is 1.04 bits per heavy atom. The molecule has 4 N–H and O–H groups in total. The van der Waals surface area contributed by atoms with Gasteiger partial charge >= 0.3 is 0 Å². The van der Waals surface area contributed by atoms with Crippen molar-refractivity contribution in [2.75, 3.05) is 0 Å². The monoisotopic (exact) mass is 386 g/mol. The van der Waals surface area contributed by atoms with Gasteiger partial charge < -0.3 is 10.3 Å². The second-order valence-corrected chi connectivity index (χ2v) is 9.42. The van der Waals surface area contributed by atoms with Gasteiger partial charge in [-0.05, 0) is 74.3 Å². The van der Waals surface area contributed by atoms with Crippen LogP contribution >= 0.6 is 0 Å². The van der Waals surface area contributed by atoms with Gasteiger partial charge in [0.15, 0.2) is 0 Å². The van der Waals surface area contributed by atoms with Gasteiger partial charge in [-0.15, -0.1) is 0 Å². The summed E-state index contributed by atoms with van der Waals surface area (Å²) < 4.78 is 0. The molecule has 152 valence electrons. The average molecular weight is 386 g/mol. The van der Waals surface area contributed by atoms with Crippen LogP contribution in [0.25, 0.3) is 0 Å². The third kappa shape index (κ3) is 3.54. The molecule has 7 heteroatoms. The van der Waals surface area contributed by atoms with E-state index in [9.17, 15) is 14.4 Å². The van der Waals surface area contributed by atoms with Crippen LogP contribution in [0.3, 0.4) is 0 Å². The van der Waals surface area contributed by atoms with E-state index in [2.05, 4.69) is 21.2 Å². The van der Waals surface area contributed by atoms with Crippen molar-refractivity contribution in [1.82, 2.24) is 21.2 Å². The first-order valence-corrected chi connectivity index (χ1v) is 10.4. The SMILES string of the molecule is CC(C)C(NC(=O)C12CC3CC(CC(C3)C1)C2)C(=O)NNC(=O)c1ccc[nH]1. The molecule has 7 nitrogen and oxygen atoms in total. The largest absolute Gasteiger partial charge is 0.357 e. The number of aromatic amines is 1. The Kier molecular flexibility index (Phi) is 4.93. The van der Waals surface area contributed by atoms with E-state index in [1.54, 1.807) is 18.3 Å². The van der Waals surface area contributed by atoms with E-state index in [4.69, 9.17) is 0 Å². The van der Waals surface area contributed by atoms with E-state index < -0.39 is 17.9 Å². The molecule has 3 amide bonds. The highest BCUT2D eigenvalue weighted by Crippen LogP contribution is 2.60. The van der Waals surface area contributed by atoms with Crippen molar-refractivity contribution >= 4 is 17.7 Å². The van der Waals surface area contributed by atoms with Gasteiger partial charge in [0.05, 0.1) is 0 Å². The quantitative estimate of drug-likeness (QED) is 0.583. The highest BCUT2D eigenvalue weighted by Gasteiger charge is 2.55. The van der Waals surface area contributed by atoms with Crippen LogP contribution in [-0.4, -0.2) is 28.7 Å². The molecule has 1 aromatic heterocycles. The summed E-state index contributed by atoms with van der Waals surface area (Å²) in [7, 11) is 0. The van der Waals surface area contributed by atoms with Crippen LogP contribution in [0.2, 0.25) is 0 Å². The lowest BCUT2D eigenvalue weighted by molar-refractivity contribution is -0.149. The molecule has 1 heterocycles. The second kappa shape index (κ2) is 7.26. The number of carbonyl (C=O) groups is 3. The molecule has 1 unspecified atom stereocenters. The van der Waals surface area contributed by atoms with Crippen molar-refractivity contribution in [3.8, 4) is 0 Å². The van der Waals surface area contributed by atoms with Crippen molar-refractivity contribution < 1.29 is 14.4 Å². The summed E-state index contributed by atoms with van der Waals surface area (Å²) in [6.07, 6.45) is 8.32. The number of H-pyrrole nitrogens is 1. The highest BCUT2D eigenvalue weighted by molar-refractivity contribution is 5.95. The Hall–Kier alpha value is -2.31. The Labute approximate surface area is 165 Å². The first kappa shape index (κ1) is 19.0. The van der Waals surface area contributed by atoms with E-state index in [1.807, 2.05) is 13.8 Å². The van der Waals surface area contributed by atoms with Gasteiger partial charge in [0.2, 0.25) is 5.91 Å². The lowest BCUT2D eigenvalue weighted by Gasteiger charge is -2.55. The van der Waals surface area contributed by atoms with Crippen molar-refractivity contribution in [3.05, 3.63) is 24.0 Å². The maximum atomic E-state index is 13.3. The summed E-state index contributed by atoms with van der Waals surface area (Å²) in [5.74, 6) is 1.13. The predicted octanol–water partition coefficient (Wildman–Crippen LogP) is 2.13. The van der Waals surface area contributed by atoms with Gasteiger partial charge in [0, 0.05) is 11.6 Å². The van der Waals surface area contributed by atoms with Crippen molar-refractivity contribution in [3.63, 3.8) is 0 Å². The van der Waals surface area contributed by atoms with Crippen molar-refractivity contribution in [1.29, 1.82) is 0 Å². The topological polar surface area (TPSA) is 103 Å². The zero-order valence-corrected chi connectivity index (χ0v) is 16.6. The summed E-state index contributed by atoms with van der Waals surface area (Å²) in [4.78, 5) is 40.7. The van der Waals surface area contributed by atoms with Crippen LogP contribution < -0.4 is 16.2 Å². The molecule has 0 aliphatic heterocycles. The molecular formula is C21H30N4O3. The molecule has 4 aliphatic rings. The van der Waals surface area contributed by atoms with Gasteiger partial charge in [-0.1, -0.05) is 13.8 Å². The predicted molar refractivity (Wildman–Crippen MR) is 104 cm³/mol. The molecule has 1 aromatic rings. The summed E-state index contributed by atoms with van der Waals surface area (Å²) in [5.41, 5.74) is 4.93. The van der Waals surface area contributed by atoms with Crippen LogP contribution in [0.4, 0.5) is 0 Å². The third-order valence-electron chi connectivity index (χ3n) is 6.90. The Bertz CT molecular complexity index is 720. The highest BCUT2D eigenvalue weighted by atomic mass is 16.2. The van der Waals surface area contributed by atoms with Crippen LogP contribution in [0.5, 0.6) is 0 Å². The fourth-order valence-electron chi connectivity index (χ4n) is 5.95. The molecule has 4 saturated carbocycles. The molecular weight excluding hydrogens is 356 g/mol. The van der Waals surface area contributed by atoms with Crippen molar-refractivity contribution in [2.45, 2.75) is 58.4 Å². The van der Waals surface area contributed by atoms with Gasteiger partial charge in [-0.2, -0.15) is 0 Å². The van der Waals surface area contributed by atoms with Gasteiger partial charge in [-0.25, -0.2) is 0 Å². The summed E-state index contributed by atoms with van der Waals surface area (Å²) in [5, 5.41) is 3.02. The lowest BCUT2D eigenvalue weighted by Crippen LogP contribution is -2.59. The first-order chi connectivity index (χ1) is 13.4. The van der Waals surface area contributed by atoms with Crippen LogP contribution in [0, 0.1) is 29.1 Å². The minimum atomic E-state index is -0.676. The number of amides is 3. The summed E-state index contributed by atoms with van der Waals surface area (Å²) in [6, 6.07) is 2.65. The standard InChI is InChI=1S/C21H30N4O3/c1-12(2)17(19(27)25-24-18(26)16-4-3-5-22-16)23-20(28)21-9-13-6-14(10-21)8-15(7-13)11-21/h3-5,12-15,17,22H,6-11H2,1-2H3,(H,23,28)(H,24,26)(H,25,27). The first-order valence-electron chi connectivity index (χ1n) is 10.4. The number of nitrogens with one attached hydrogen (secondary N) is 4. The number of carbonyl (C=O) groups excluding carboxylic acids is 3. The lowest BCUT2D eigenvalue weighted by atomic mass is 9.49. The number of hydrogen-bond donors (Lipinski definition) is 4. The molecule has 1 atom stereocenters. The minimum absolute atomic E-state index is 0.0242. The average Bonchev–Trinajstić information content (AvgIpc) is 3.17. The van der Waals surface area contributed by atoms with E-state index in [0.717, 1.165) is 19.3 Å². The molecule has 28 heavy (non-hydrogen) atoms. The normalized spacial score (nSPS) is 31.5. The number of rotatable bonds is 5. The summed E-state index contributed by atoms with van der Waals surface area (Å²) in [6.45, 7) is 3.80. The molecule has 0 aromatic carbocycles. The van der Waals surface area contributed by atoms with Crippen LogP contribution in [-0.2, 0) is 9.59 Å². The van der Waals surface area contributed by atoms with Gasteiger partial charge in [0.25, 0.3) is 11.8 Å². The van der Waals surface area contributed by atoms with E-state index in [0.29, 0.717) is 23.4 Å². The van der Waals surface area contributed by atoms with Crippen LogP contribution in [0.15, 0.2) is 18.3 Å². The van der Waals surface area contributed by atoms with Crippen LogP contribution in [0.1, 0.15) is 62.9 Å². The van der Waals surface area contributed by atoms with E-state index in [1.165, 1.54) is 19.3 Å². The number of hydrogen-bond acceptors (Lipinski definition) is 3. The van der Waals surface area contributed by atoms with Crippen molar-refractivity contribution in [2.24, 2.45) is 29.1 Å². The molecule has 4 aliphatic carbocycles. The molecule has 0 spiro atoms. The second-order valence-electron chi connectivity index (χ2n) is 9.42. The number of aromatic nitrogens is 1. The van der Waals surface area contributed by atoms with Gasteiger partial charge in [0.1, 0.15) is 11.7 Å². The molecule has 4 fully saturated rings. The zero-order chi connectivity index (χ0) is 19.9. The zero-order valence-electron chi connectivity index (χ0n) is 16.6. The Morgan fingerprint density at radius 2 is 1.64 bits per heavy atom. The maximum absolute atomic E-state index is 13.3. The van der Waals surface area contributed by atoms with E-state index >= 15 is 0 Å². The maximum Gasteiger partial charge on any atom is 0.286 e. The third-order valence-corrected chi connectivity index (χ3v) is 6.90.